The van der Waals surface area contributed by atoms with E-state index in [4.69, 9.17) is 23.2 Å². The van der Waals surface area contributed by atoms with Crippen LogP contribution in [-0.4, -0.2) is 21.5 Å². The lowest BCUT2D eigenvalue weighted by atomic mass is 10.1. The molecule has 0 fully saturated rings. The molecule has 0 radical (unpaired) electrons. The number of benzene rings is 2. The fraction of sp³-hybridized carbons (Fsp3) is 0.136. The molecule has 2 heterocycles. The van der Waals surface area contributed by atoms with E-state index in [-0.39, 0.29) is 5.82 Å². The molecule has 2 N–H and O–H groups in total. The molecular formula is C22H16Cl2FN5. The van der Waals surface area contributed by atoms with Crippen molar-refractivity contribution in [3.05, 3.63) is 75.8 Å². The van der Waals surface area contributed by atoms with E-state index >= 15 is 0 Å². The van der Waals surface area contributed by atoms with Gasteiger partial charge in [0.05, 0.1) is 32.3 Å². The Labute approximate surface area is 182 Å². The van der Waals surface area contributed by atoms with Crippen LogP contribution >= 0.6 is 23.2 Å². The molecule has 2 aromatic carbocycles. The number of nitriles is 1. The maximum Gasteiger partial charge on any atom is 0.144 e. The predicted molar refractivity (Wildman–Crippen MR) is 117 cm³/mol. The van der Waals surface area contributed by atoms with Gasteiger partial charge in [-0.1, -0.05) is 23.2 Å². The minimum atomic E-state index is -0.305. The first-order valence-electron chi connectivity index (χ1n) is 9.28. The molecule has 4 aromatic rings. The van der Waals surface area contributed by atoms with E-state index in [2.05, 4.69) is 26.3 Å². The van der Waals surface area contributed by atoms with Crippen LogP contribution in [0, 0.1) is 17.1 Å². The van der Waals surface area contributed by atoms with Crippen molar-refractivity contribution >= 4 is 40.1 Å². The van der Waals surface area contributed by atoms with E-state index in [1.54, 1.807) is 36.4 Å². The molecule has 2 aromatic heterocycles. The van der Waals surface area contributed by atoms with Gasteiger partial charge in [0.25, 0.3) is 0 Å². The maximum absolute atomic E-state index is 13.2. The Morgan fingerprint density at radius 3 is 2.57 bits per heavy atom. The SMILES string of the molecule is N#Cc1ccc(-c2ccc(F)cc2)nc1NCCCc1nc2cc(Cl)c(Cl)cc2[nH]1. The quantitative estimate of drug-likeness (QED) is 0.361. The zero-order valence-electron chi connectivity index (χ0n) is 15.7. The third-order valence-corrected chi connectivity index (χ3v) is 5.33. The third-order valence-electron chi connectivity index (χ3n) is 4.61. The Hall–Kier alpha value is -3.14. The molecule has 150 valence electrons. The Balaban J connectivity index is 1.42. The fourth-order valence-corrected chi connectivity index (χ4v) is 3.43. The normalized spacial score (nSPS) is 10.9. The number of H-pyrrole nitrogens is 1. The van der Waals surface area contributed by atoms with Crippen LogP contribution in [0.4, 0.5) is 10.2 Å². The average Bonchev–Trinajstić information content (AvgIpc) is 3.13. The maximum atomic E-state index is 13.2. The number of aromatic nitrogens is 3. The second-order valence-corrected chi connectivity index (χ2v) is 7.52. The van der Waals surface area contributed by atoms with Crippen LogP contribution in [0.1, 0.15) is 17.8 Å². The van der Waals surface area contributed by atoms with Crippen molar-refractivity contribution in [1.82, 2.24) is 15.0 Å². The average molecular weight is 440 g/mol. The molecule has 8 heteroatoms. The topological polar surface area (TPSA) is 77.4 Å². The molecule has 0 aliphatic carbocycles. The van der Waals surface area contributed by atoms with Crippen molar-refractivity contribution < 1.29 is 4.39 Å². The van der Waals surface area contributed by atoms with Gasteiger partial charge in [-0.15, -0.1) is 0 Å². The van der Waals surface area contributed by atoms with Crippen molar-refractivity contribution in [3.8, 4) is 17.3 Å². The third kappa shape index (κ3) is 4.38. The predicted octanol–water partition coefficient (Wildman–Crippen LogP) is 5.99. The zero-order valence-corrected chi connectivity index (χ0v) is 17.2. The summed E-state index contributed by atoms with van der Waals surface area (Å²) < 4.78 is 13.2. The molecule has 4 rings (SSSR count). The van der Waals surface area contributed by atoms with Gasteiger partial charge in [-0.3, -0.25) is 0 Å². The summed E-state index contributed by atoms with van der Waals surface area (Å²) in [4.78, 5) is 12.3. The van der Waals surface area contributed by atoms with Gasteiger partial charge < -0.3 is 10.3 Å². The van der Waals surface area contributed by atoms with E-state index < -0.39 is 0 Å². The highest BCUT2D eigenvalue weighted by molar-refractivity contribution is 6.42. The van der Waals surface area contributed by atoms with Crippen molar-refractivity contribution in [2.75, 3.05) is 11.9 Å². The molecule has 0 aliphatic heterocycles. The lowest BCUT2D eigenvalue weighted by Crippen LogP contribution is -2.07. The lowest BCUT2D eigenvalue weighted by molar-refractivity contribution is 0.628. The summed E-state index contributed by atoms with van der Waals surface area (Å²) in [5.41, 5.74) is 3.51. The molecule has 30 heavy (non-hydrogen) atoms. The largest absolute Gasteiger partial charge is 0.369 e. The zero-order chi connectivity index (χ0) is 21.1. The minimum absolute atomic E-state index is 0.305. The Morgan fingerprint density at radius 1 is 1.03 bits per heavy atom. The molecule has 0 bridgehead atoms. The summed E-state index contributed by atoms with van der Waals surface area (Å²) in [6, 6.07) is 15.2. The molecule has 5 nitrogen and oxygen atoms in total. The first kappa shape index (κ1) is 20.1. The smallest absolute Gasteiger partial charge is 0.144 e. The fourth-order valence-electron chi connectivity index (χ4n) is 3.10. The van der Waals surface area contributed by atoms with Crippen LogP contribution in [0.15, 0.2) is 48.5 Å². The molecule has 0 saturated heterocycles. The number of fused-ring (bicyclic) bond motifs is 1. The number of hydrogen-bond donors (Lipinski definition) is 2. The second kappa shape index (κ2) is 8.70. The molecule has 0 saturated carbocycles. The number of nitrogens with zero attached hydrogens (tertiary/aromatic N) is 3. The van der Waals surface area contributed by atoms with E-state index in [0.29, 0.717) is 40.1 Å². The van der Waals surface area contributed by atoms with Crippen LogP contribution in [0.3, 0.4) is 0 Å². The van der Waals surface area contributed by atoms with Crippen LogP contribution in [0.5, 0.6) is 0 Å². The Morgan fingerprint density at radius 2 is 1.80 bits per heavy atom. The molecule has 0 unspecified atom stereocenters. The number of aromatic amines is 1. The summed E-state index contributed by atoms with van der Waals surface area (Å²) in [7, 11) is 0. The van der Waals surface area contributed by atoms with Gasteiger partial charge in [0, 0.05) is 18.5 Å². The molecule has 0 amide bonds. The molecular weight excluding hydrogens is 424 g/mol. The van der Waals surface area contributed by atoms with Gasteiger partial charge in [0.2, 0.25) is 0 Å². The number of pyridine rings is 1. The van der Waals surface area contributed by atoms with Crippen molar-refractivity contribution in [1.29, 1.82) is 5.26 Å². The summed E-state index contributed by atoms with van der Waals surface area (Å²) in [5.74, 6) is 1.03. The van der Waals surface area contributed by atoms with Gasteiger partial charge in [-0.05, 0) is 55.0 Å². The number of aryl methyl sites for hydroxylation is 1. The molecule has 0 spiro atoms. The van der Waals surface area contributed by atoms with Crippen LogP contribution in [0.25, 0.3) is 22.3 Å². The van der Waals surface area contributed by atoms with E-state index in [0.717, 1.165) is 28.8 Å². The van der Waals surface area contributed by atoms with Gasteiger partial charge in [0.1, 0.15) is 23.5 Å². The number of nitrogens with one attached hydrogen (secondary N) is 2. The first-order valence-corrected chi connectivity index (χ1v) is 10.0. The van der Waals surface area contributed by atoms with Crippen LogP contribution in [-0.2, 0) is 6.42 Å². The summed E-state index contributed by atoms with van der Waals surface area (Å²) in [5, 5.41) is 13.5. The number of rotatable bonds is 6. The summed E-state index contributed by atoms with van der Waals surface area (Å²) in [6.07, 6.45) is 1.48. The monoisotopic (exact) mass is 439 g/mol. The van der Waals surface area contributed by atoms with Crippen molar-refractivity contribution in [2.45, 2.75) is 12.8 Å². The number of halogens is 3. The van der Waals surface area contributed by atoms with Crippen LogP contribution < -0.4 is 5.32 Å². The lowest BCUT2D eigenvalue weighted by Gasteiger charge is -2.09. The van der Waals surface area contributed by atoms with Gasteiger partial charge >= 0.3 is 0 Å². The minimum Gasteiger partial charge on any atom is -0.369 e. The molecule has 0 aliphatic rings. The number of hydrogen-bond acceptors (Lipinski definition) is 4. The van der Waals surface area contributed by atoms with E-state index in [1.165, 1.54) is 12.1 Å². The van der Waals surface area contributed by atoms with E-state index in [9.17, 15) is 9.65 Å². The Bertz CT molecular complexity index is 1210. The summed E-state index contributed by atoms with van der Waals surface area (Å²) in [6.45, 7) is 0.604. The Kier molecular flexibility index (Phi) is 5.84. The van der Waals surface area contributed by atoms with Crippen molar-refractivity contribution in [3.63, 3.8) is 0 Å². The number of imidazole rings is 1. The highest BCUT2D eigenvalue weighted by atomic mass is 35.5. The second-order valence-electron chi connectivity index (χ2n) is 6.71. The van der Waals surface area contributed by atoms with Crippen LogP contribution in [0.2, 0.25) is 10.0 Å². The van der Waals surface area contributed by atoms with Gasteiger partial charge in [0.15, 0.2) is 0 Å². The van der Waals surface area contributed by atoms with Crippen molar-refractivity contribution in [2.24, 2.45) is 0 Å². The number of anilines is 1. The highest BCUT2D eigenvalue weighted by Crippen LogP contribution is 2.27. The first-order chi connectivity index (χ1) is 14.5. The molecule has 0 atom stereocenters. The standard InChI is InChI=1S/C22H16Cl2FN5/c23-16-10-19-20(11-17(16)24)29-21(28-19)2-1-9-27-22-14(12-26)5-8-18(30-22)13-3-6-15(25)7-4-13/h3-8,10-11H,1-2,9H2,(H,27,30)(H,28,29). The van der Waals surface area contributed by atoms with E-state index in [1.807, 2.05) is 0 Å². The highest BCUT2D eigenvalue weighted by Gasteiger charge is 2.09. The van der Waals surface area contributed by atoms with Gasteiger partial charge in [-0.25, -0.2) is 14.4 Å². The van der Waals surface area contributed by atoms with Gasteiger partial charge in [-0.2, -0.15) is 5.26 Å². The summed E-state index contributed by atoms with van der Waals surface area (Å²) >= 11 is 12.1.